The molecule has 0 saturated carbocycles. The van der Waals surface area contributed by atoms with Crippen molar-refractivity contribution in [2.75, 3.05) is 31.3 Å². The molecule has 1 spiro atoms. The Balaban J connectivity index is 1.65. The van der Waals surface area contributed by atoms with Crippen LogP contribution in [0.2, 0.25) is 0 Å². The Kier molecular flexibility index (Phi) is 4.73. The van der Waals surface area contributed by atoms with Crippen molar-refractivity contribution in [1.82, 2.24) is 4.90 Å². The molecule has 3 unspecified atom stereocenters. The van der Waals surface area contributed by atoms with Gasteiger partial charge >= 0.3 is 0 Å². The highest BCUT2D eigenvalue weighted by Gasteiger charge is 2.43. The fourth-order valence-corrected chi connectivity index (χ4v) is 5.49. The summed E-state index contributed by atoms with van der Waals surface area (Å²) < 4.78 is 6.15. The molecule has 3 heterocycles. The van der Waals surface area contributed by atoms with Gasteiger partial charge in [0.25, 0.3) is 0 Å². The molecule has 0 aliphatic carbocycles. The Labute approximate surface area is 121 Å². The molecule has 0 aromatic rings. The Morgan fingerprint density at radius 2 is 2.26 bits per heavy atom. The Morgan fingerprint density at radius 3 is 3.05 bits per heavy atom. The van der Waals surface area contributed by atoms with Crippen LogP contribution in [-0.2, 0) is 4.74 Å². The molecule has 0 bridgehead atoms. The molecule has 19 heavy (non-hydrogen) atoms. The third-order valence-electron chi connectivity index (χ3n) is 5.14. The van der Waals surface area contributed by atoms with E-state index in [1.165, 1.54) is 56.6 Å². The molecular formula is C15H27NO2S. The van der Waals surface area contributed by atoms with Gasteiger partial charge in [0.05, 0.1) is 5.60 Å². The highest BCUT2D eigenvalue weighted by molar-refractivity contribution is 7.99. The van der Waals surface area contributed by atoms with Gasteiger partial charge in [-0.15, -0.1) is 0 Å². The van der Waals surface area contributed by atoms with E-state index in [2.05, 4.69) is 16.7 Å². The van der Waals surface area contributed by atoms with Crippen molar-refractivity contribution in [2.24, 2.45) is 0 Å². The van der Waals surface area contributed by atoms with Crippen LogP contribution in [0.25, 0.3) is 0 Å². The van der Waals surface area contributed by atoms with Gasteiger partial charge in [-0.2, -0.15) is 11.8 Å². The maximum Gasteiger partial charge on any atom is 0.0795 e. The van der Waals surface area contributed by atoms with Gasteiger partial charge in [0.2, 0.25) is 0 Å². The minimum Gasteiger partial charge on any atom is -0.396 e. The number of rotatable bonds is 3. The molecule has 3 aliphatic heterocycles. The number of nitrogens with zero attached hydrogens (tertiary/aromatic N) is 1. The van der Waals surface area contributed by atoms with E-state index in [1.807, 2.05) is 0 Å². The quantitative estimate of drug-likeness (QED) is 0.862. The third-order valence-corrected chi connectivity index (χ3v) is 6.36. The molecule has 3 fully saturated rings. The maximum atomic E-state index is 9.28. The van der Waals surface area contributed by atoms with Gasteiger partial charge < -0.3 is 9.84 Å². The molecule has 110 valence electrons. The lowest BCUT2D eigenvalue weighted by Crippen LogP contribution is -2.53. The van der Waals surface area contributed by atoms with Crippen molar-refractivity contribution >= 4 is 11.8 Å². The summed E-state index contributed by atoms with van der Waals surface area (Å²) in [5, 5.41) is 9.28. The first-order chi connectivity index (χ1) is 9.33. The number of thioether (sulfide) groups is 1. The van der Waals surface area contributed by atoms with Crippen molar-refractivity contribution in [2.45, 2.75) is 62.6 Å². The van der Waals surface area contributed by atoms with Crippen LogP contribution >= 0.6 is 11.8 Å². The Hall–Kier alpha value is 0.230. The number of ether oxygens (including phenoxy) is 1. The van der Waals surface area contributed by atoms with E-state index in [9.17, 15) is 5.11 Å². The van der Waals surface area contributed by atoms with Crippen LogP contribution < -0.4 is 0 Å². The van der Waals surface area contributed by atoms with Gasteiger partial charge in [0.15, 0.2) is 0 Å². The van der Waals surface area contributed by atoms with Crippen LogP contribution in [0.3, 0.4) is 0 Å². The zero-order valence-corrected chi connectivity index (χ0v) is 12.7. The Bertz CT molecular complexity index is 292. The summed E-state index contributed by atoms with van der Waals surface area (Å²) in [6.07, 6.45) is 8.56. The minimum absolute atomic E-state index is 0.189. The van der Waals surface area contributed by atoms with E-state index < -0.39 is 0 Å². The molecule has 0 aromatic heterocycles. The number of aliphatic hydroxyl groups is 1. The molecule has 3 rings (SSSR count). The first-order valence-corrected chi connectivity index (χ1v) is 9.07. The first kappa shape index (κ1) is 14.2. The normalized spacial score (nSPS) is 40.9. The van der Waals surface area contributed by atoms with Gasteiger partial charge in [-0.25, -0.2) is 0 Å². The largest absolute Gasteiger partial charge is 0.396 e. The van der Waals surface area contributed by atoms with E-state index in [4.69, 9.17) is 4.74 Å². The van der Waals surface area contributed by atoms with Gasteiger partial charge in [-0.1, -0.05) is 6.42 Å². The van der Waals surface area contributed by atoms with Gasteiger partial charge in [0.1, 0.15) is 0 Å². The number of aliphatic hydroxyl groups excluding tert-OH is 1. The predicted molar refractivity (Wildman–Crippen MR) is 79.7 cm³/mol. The highest BCUT2D eigenvalue weighted by atomic mass is 32.2. The van der Waals surface area contributed by atoms with Crippen LogP contribution in [0.4, 0.5) is 0 Å². The second-order valence-corrected chi connectivity index (χ2v) is 7.49. The molecule has 3 atom stereocenters. The highest BCUT2D eigenvalue weighted by Crippen LogP contribution is 2.40. The number of hydrogen-bond donors (Lipinski definition) is 1. The second kappa shape index (κ2) is 6.33. The third kappa shape index (κ3) is 3.12. The average Bonchev–Trinajstić information content (AvgIpc) is 2.88. The van der Waals surface area contributed by atoms with E-state index in [-0.39, 0.29) is 5.60 Å². The van der Waals surface area contributed by atoms with Crippen molar-refractivity contribution in [1.29, 1.82) is 0 Å². The maximum absolute atomic E-state index is 9.28. The van der Waals surface area contributed by atoms with Crippen molar-refractivity contribution in [3.63, 3.8) is 0 Å². The molecule has 0 amide bonds. The monoisotopic (exact) mass is 285 g/mol. The van der Waals surface area contributed by atoms with Gasteiger partial charge in [0, 0.05) is 31.1 Å². The Morgan fingerprint density at radius 1 is 1.32 bits per heavy atom. The minimum atomic E-state index is 0.189. The van der Waals surface area contributed by atoms with Crippen LogP contribution in [-0.4, -0.2) is 59.0 Å². The molecule has 3 nitrogen and oxygen atoms in total. The molecule has 3 aliphatic rings. The zero-order chi connectivity index (χ0) is 13.1. The van der Waals surface area contributed by atoms with Crippen LogP contribution in [0.1, 0.15) is 44.9 Å². The number of hydrogen-bond acceptors (Lipinski definition) is 4. The lowest BCUT2D eigenvalue weighted by Gasteiger charge is -2.47. The molecule has 4 heteroatoms. The molecular weight excluding hydrogens is 258 g/mol. The van der Waals surface area contributed by atoms with E-state index >= 15 is 0 Å². The fourth-order valence-electron chi connectivity index (χ4n) is 4.11. The molecule has 3 saturated heterocycles. The van der Waals surface area contributed by atoms with E-state index in [0.29, 0.717) is 18.7 Å². The SMILES string of the molecule is OCCC1CCCCN1C1CCOC2(CCSC2)C1. The van der Waals surface area contributed by atoms with Gasteiger partial charge in [-0.05, 0) is 50.8 Å². The van der Waals surface area contributed by atoms with E-state index in [1.54, 1.807) is 0 Å². The summed E-state index contributed by atoms with van der Waals surface area (Å²) in [6, 6.07) is 1.32. The summed E-state index contributed by atoms with van der Waals surface area (Å²) in [5.74, 6) is 2.47. The topological polar surface area (TPSA) is 32.7 Å². The predicted octanol–water partition coefficient (Wildman–Crippen LogP) is 2.28. The number of likely N-dealkylation sites (tertiary alicyclic amines) is 1. The van der Waals surface area contributed by atoms with Crippen LogP contribution in [0.5, 0.6) is 0 Å². The second-order valence-electron chi connectivity index (χ2n) is 6.38. The first-order valence-electron chi connectivity index (χ1n) is 7.91. The van der Waals surface area contributed by atoms with Crippen LogP contribution in [0, 0.1) is 0 Å². The van der Waals surface area contributed by atoms with E-state index in [0.717, 1.165) is 13.0 Å². The van der Waals surface area contributed by atoms with Crippen LogP contribution in [0.15, 0.2) is 0 Å². The van der Waals surface area contributed by atoms with Crippen molar-refractivity contribution in [3.8, 4) is 0 Å². The summed E-state index contributed by atoms with van der Waals surface area (Å²) in [5.41, 5.74) is 0.189. The zero-order valence-electron chi connectivity index (χ0n) is 11.9. The molecule has 1 N–H and O–H groups in total. The fraction of sp³-hybridized carbons (Fsp3) is 1.00. The summed E-state index contributed by atoms with van der Waals surface area (Å²) >= 11 is 2.06. The van der Waals surface area contributed by atoms with Crippen molar-refractivity contribution in [3.05, 3.63) is 0 Å². The summed E-state index contributed by atoms with van der Waals surface area (Å²) in [7, 11) is 0. The van der Waals surface area contributed by atoms with Crippen molar-refractivity contribution < 1.29 is 9.84 Å². The summed E-state index contributed by atoms with van der Waals surface area (Å²) in [4.78, 5) is 2.72. The lowest BCUT2D eigenvalue weighted by atomic mass is 9.86. The molecule has 0 radical (unpaired) electrons. The summed E-state index contributed by atoms with van der Waals surface area (Å²) in [6.45, 7) is 2.51. The number of piperidine rings is 1. The molecule has 0 aromatic carbocycles. The lowest BCUT2D eigenvalue weighted by molar-refractivity contribution is -0.0996. The average molecular weight is 285 g/mol. The smallest absolute Gasteiger partial charge is 0.0795 e. The standard InChI is InChI=1S/C15H27NO2S/c17-8-4-13-3-1-2-7-16(13)14-5-9-18-15(11-14)6-10-19-12-15/h13-14,17H,1-12H2. The van der Waals surface area contributed by atoms with Gasteiger partial charge in [-0.3, -0.25) is 4.90 Å².